The van der Waals surface area contributed by atoms with Gasteiger partial charge in [0.15, 0.2) is 0 Å². The van der Waals surface area contributed by atoms with Crippen molar-refractivity contribution in [1.29, 1.82) is 0 Å². The highest BCUT2D eigenvalue weighted by Crippen LogP contribution is 2.17. The Balaban J connectivity index is 1.62. The highest BCUT2D eigenvalue weighted by Gasteiger charge is 2.14. The molecule has 16 heavy (non-hydrogen) atoms. The van der Waals surface area contributed by atoms with Gasteiger partial charge in [-0.1, -0.05) is 0 Å². The van der Waals surface area contributed by atoms with Gasteiger partial charge in [-0.15, -0.1) is 0 Å². The zero-order valence-corrected chi connectivity index (χ0v) is 10.8. The van der Waals surface area contributed by atoms with Crippen LogP contribution >= 0.6 is 15.9 Å². The van der Waals surface area contributed by atoms with Crippen molar-refractivity contribution in [3.8, 4) is 5.75 Å². The molecule has 1 unspecified atom stereocenters. The minimum absolute atomic E-state index is 0.464. The lowest BCUT2D eigenvalue weighted by molar-refractivity contribution is 0.0981. The minimum atomic E-state index is 0.464. The standard InChI is InChI=1S/C12H16BrNO2/c13-12-6-5-11(9-14-12)16-8-2-4-10-3-1-7-15-10/h5-6,9-10H,1-4,7-8H2. The van der Waals surface area contributed by atoms with Crippen LogP contribution < -0.4 is 4.74 Å². The van der Waals surface area contributed by atoms with E-state index in [-0.39, 0.29) is 0 Å². The minimum Gasteiger partial charge on any atom is -0.492 e. The number of halogens is 1. The molecule has 0 radical (unpaired) electrons. The maximum atomic E-state index is 5.58. The first-order valence-electron chi connectivity index (χ1n) is 5.70. The predicted molar refractivity (Wildman–Crippen MR) is 65.6 cm³/mol. The van der Waals surface area contributed by atoms with E-state index in [1.165, 1.54) is 12.8 Å². The van der Waals surface area contributed by atoms with Crippen molar-refractivity contribution >= 4 is 15.9 Å². The first-order chi connectivity index (χ1) is 7.84. The lowest BCUT2D eigenvalue weighted by atomic mass is 10.1. The zero-order chi connectivity index (χ0) is 11.2. The largest absolute Gasteiger partial charge is 0.492 e. The Bertz CT molecular complexity index is 309. The van der Waals surface area contributed by atoms with E-state index >= 15 is 0 Å². The summed E-state index contributed by atoms with van der Waals surface area (Å²) in [6, 6.07) is 3.80. The first-order valence-corrected chi connectivity index (χ1v) is 6.50. The molecule has 1 aromatic heterocycles. The van der Waals surface area contributed by atoms with E-state index < -0.39 is 0 Å². The number of hydrogen-bond acceptors (Lipinski definition) is 3. The Morgan fingerprint density at radius 3 is 3.12 bits per heavy atom. The average molecular weight is 286 g/mol. The van der Waals surface area contributed by atoms with Crippen molar-refractivity contribution in [3.63, 3.8) is 0 Å². The van der Waals surface area contributed by atoms with Crippen molar-refractivity contribution in [3.05, 3.63) is 22.9 Å². The van der Waals surface area contributed by atoms with Crippen LogP contribution in [0.5, 0.6) is 5.75 Å². The second-order valence-corrected chi connectivity index (χ2v) is 4.75. The summed E-state index contributed by atoms with van der Waals surface area (Å²) in [7, 11) is 0. The second-order valence-electron chi connectivity index (χ2n) is 3.94. The van der Waals surface area contributed by atoms with Crippen molar-refractivity contribution < 1.29 is 9.47 Å². The number of rotatable bonds is 5. The summed E-state index contributed by atoms with van der Waals surface area (Å²) in [6.45, 7) is 1.67. The average Bonchev–Trinajstić information content (AvgIpc) is 2.80. The fourth-order valence-electron chi connectivity index (χ4n) is 1.82. The monoisotopic (exact) mass is 285 g/mol. The molecule has 0 aliphatic carbocycles. The zero-order valence-electron chi connectivity index (χ0n) is 9.19. The van der Waals surface area contributed by atoms with E-state index in [4.69, 9.17) is 9.47 Å². The van der Waals surface area contributed by atoms with Crippen LogP contribution in [-0.2, 0) is 4.74 Å². The summed E-state index contributed by atoms with van der Waals surface area (Å²) in [6.07, 6.45) is 6.76. The predicted octanol–water partition coefficient (Wildman–Crippen LogP) is 3.18. The number of hydrogen-bond donors (Lipinski definition) is 0. The molecular weight excluding hydrogens is 270 g/mol. The Kier molecular flexibility index (Phi) is 4.60. The lowest BCUT2D eigenvalue weighted by Gasteiger charge is -2.09. The molecule has 0 bridgehead atoms. The number of aromatic nitrogens is 1. The fourth-order valence-corrected chi connectivity index (χ4v) is 2.06. The molecule has 1 aliphatic heterocycles. The molecule has 88 valence electrons. The molecular formula is C12H16BrNO2. The van der Waals surface area contributed by atoms with Crippen molar-refractivity contribution in [2.45, 2.75) is 31.8 Å². The van der Waals surface area contributed by atoms with Gasteiger partial charge < -0.3 is 9.47 Å². The van der Waals surface area contributed by atoms with E-state index in [1.54, 1.807) is 6.20 Å². The SMILES string of the molecule is Brc1ccc(OCCCC2CCCO2)cn1. The fraction of sp³-hybridized carbons (Fsp3) is 0.583. The third kappa shape index (κ3) is 3.76. The third-order valence-electron chi connectivity index (χ3n) is 2.66. The van der Waals surface area contributed by atoms with Gasteiger partial charge in [-0.25, -0.2) is 4.98 Å². The third-order valence-corrected chi connectivity index (χ3v) is 3.13. The summed E-state index contributed by atoms with van der Waals surface area (Å²) in [4.78, 5) is 4.10. The van der Waals surface area contributed by atoms with Gasteiger partial charge in [0.1, 0.15) is 10.4 Å². The van der Waals surface area contributed by atoms with Crippen molar-refractivity contribution in [2.24, 2.45) is 0 Å². The van der Waals surface area contributed by atoms with Crippen LogP contribution in [0.1, 0.15) is 25.7 Å². The highest BCUT2D eigenvalue weighted by atomic mass is 79.9. The molecule has 0 saturated carbocycles. The van der Waals surface area contributed by atoms with Crippen LogP contribution in [0.3, 0.4) is 0 Å². The molecule has 1 fully saturated rings. The van der Waals surface area contributed by atoms with E-state index in [2.05, 4.69) is 20.9 Å². The van der Waals surface area contributed by atoms with Crippen LogP contribution in [0.25, 0.3) is 0 Å². The van der Waals surface area contributed by atoms with E-state index in [9.17, 15) is 0 Å². The van der Waals surface area contributed by atoms with Crippen LogP contribution in [0.2, 0.25) is 0 Å². The van der Waals surface area contributed by atoms with Gasteiger partial charge in [-0.05, 0) is 53.7 Å². The molecule has 2 rings (SSSR count). The molecule has 4 heteroatoms. The van der Waals surface area contributed by atoms with Gasteiger partial charge in [0.05, 0.1) is 18.9 Å². The van der Waals surface area contributed by atoms with E-state index in [0.717, 1.165) is 36.4 Å². The Morgan fingerprint density at radius 2 is 2.44 bits per heavy atom. The molecule has 1 atom stereocenters. The molecule has 0 aromatic carbocycles. The van der Waals surface area contributed by atoms with Crippen molar-refractivity contribution in [2.75, 3.05) is 13.2 Å². The molecule has 1 saturated heterocycles. The summed E-state index contributed by atoms with van der Waals surface area (Å²) in [5.41, 5.74) is 0. The highest BCUT2D eigenvalue weighted by molar-refractivity contribution is 9.10. The van der Waals surface area contributed by atoms with Gasteiger partial charge in [0, 0.05) is 6.61 Å². The molecule has 3 nitrogen and oxygen atoms in total. The Morgan fingerprint density at radius 1 is 1.50 bits per heavy atom. The molecule has 0 N–H and O–H groups in total. The van der Waals surface area contributed by atoms with Crippen molar-refractivity contribution in [1.82, 2.24) is 4.98 Å². The summed E-state index contributed by atoms with van der Waals surface area (Å²) in [5, 5.41) is 0. The van der Waals surface area contributed by atoms with Crippen LogP contribution in [-0.4, -0.2) is 24.3 Å². The van der Waals surface area contributed by atoms with Gasteiger partial charge in [0.2, 0.25) is 0 Å². The summed E-state index contributed by atoms with van der Waals surface area (Å²) in [5.74, 6) is 0.829. The van der Waals surface area contributed by atoms with Gasteiger partial charge in [-0.2, -0.15) is 0 Å². The van der Waals surface area contributed by atoms with Crippen LogP contribution in [0.15, 0.2) is 22.9 Å². The topological polar surface area (TPSA) is 31.4 Å². The Hall–Kier alpha value is -0.610. The Labute approximate surface area is 104 Å². The molecule has 2 heterocycles. The number of nitrogens with zero attached hydrogens (tertiary/aromatic N) is 1. The normalized spacial score (nSPS) is 19.9. The van der Waals surface area contributed by atoms with E-state index in [1.807, 2.05) is 12.1 Å². The first kappa shape index (κ1) is 11.9. The molecule has 1 aliphatic rings. The van der Waals surface area contributed by atoms with Gasteiger partial charge in [-0.3, -0.25) is 0 Å². The quantitative estimate of drug-likeness (QED) is 0.615. The van der Waals surface area contributed by atoms with Gasteiger partial charge >= 0.3 is 0 Å². The summed E-state index contributed by atoms with van der Waals surface area (Å²) >= 11 is 3.29. The van der Waals surface area contributed by atoms with Crippen LogP contribution in [0, 0.1) is 0 Å². The lowest BCUT2D eigenvalue weighted by Crippen LogP contribution is -2.07. The maximum Gasteiger partial charge on any atom is 0.137 e. The molecule has 0 amide bonds. The molecule has 1 aromatic rings. The van der Waals surface area contributed by atoms with Gasteiger partial charge in [0.25, 0.3) is 0 Å². The molecule has 0 spiro atoms. The smallest absolute Gasteiger partial charge is 0.137 e. The number of ether oxygens (including phenoxy) is 2. The number of pyridine rings is 1. The maximum absolute atomic E-state index is 5.58. The summed E-state index contributed by atoms with van der Waals surface area (Å²) < 4.78 is 12.0. The van der Waals surface area contributed by atoms with Crippen LogP contribution in [0.4, 0.5) is 0 Å². The second kappa shape index (κ2) is 6.21. The van der Waals surface area contributed by atoms with E-state index in [0.29, 0.717) is 6.10 Å².